The van der Waals surface area contributed by atoms with E-state index >= 15 is 0 Å². The predicted octanol–water partition coefficient (Wildman–Crippen LogP) is 2.45. The number of likely N-dealkylation sites (tertiary alicyclic amines) is 1. The Kier molecular flexibility index (Phi) is 8.68. The summed E-state index contributed by atoms with van der Waals surface area (Å²) >= 11 is 0. The molecule has 2 aromatic rings. The molecule has 1 atom stereocenters. The van der Waals surface area contributed by atoms with Crippen LogP contribution >= 0.6 is 24.0 Å². The lowest BCUT2D eigenvalue weighted by Crippen LogP contribution is -2.53. The first kappa shape index (κ1) is 24.2. The van der Waals surface area contributed by atoms with Gasteiger partial charge in [-0.15, -0.1) is 34.2 Å². The van der Waals surface area contributed by atoms with Crippen molar-refractivity contribution >= 4 is 41.7 Å². The summed E-state index contributed by atoms with van der Waals surface area (Å²) < 4.78 is 7.48. The van der Waals surface area contributed by atoms with Gasteiger partial charge in [-0.25, -0.2) is 4.79 Å². The molecule has 1 saturated heterocycles. The number of amides is 1. The molecule has 2 aromatic heterocycles. The lowest BCUT2D eigenvalue weighted by atomic mass is 10.1. The quantitative estimate of drug-likeness (QED) is 0.359. The largest absolute Gasteiger partial charge is 0.444 e. The molecule has 2 N–H and O–H groups in total. The Morgan fingerprint density at radius 3 is 2.87 bits per heavy atom. The highest BCUT2D eigenvalue weighted by molar-refractivity contribution is 14.0. The van der Waals surface area contributed by atoms with E-state index in [0.29, 0.717) is 13.1 Å². The van der Waals surface area contributed by atoms with E-state index in [2.05, 4.69) is 25.8 Å². The highest BCUT2D eigenvalue weighted by Crippen LogP contribution is 2.15. The second-order valence-corrected chi connectivity index (χ2v) is 8.20. The molecule has 0 aromatic carbocycles. The number of guanidine groups is 1. The number of rotatable bonds is 4. The van der Waals surface area contributed by atoms with Gasteiger partial charge in [0.2, 0.25) is 0 Å². The summed E-state index contributed by atoms with van der Waals surface area (Å²) in [4.78, 5) is 18.4. The molecule has 1 unspecified atom stereocenters. The Morgan fingerprint density at radius 1 is 1.33 bits per heavy atom. The molecule has 10 heteroatoms. The zero-order chi connectivity index (χ0) is 20.9. The van der Waals surface area contributed by atoms with Crippen LogP contribution in [-0.2, 0) is 11.2 Å². The van der Waals surface area contributed by atoms with E-state index in [9.17, 15) is 4.79 Å². The number of carbonyl (C=O) groups is 1. The molecule has 1 fully saturated rings. The van der Waals surface area contributed by atoms with Gasteiger partial charge in [-0.05, 0) is 45.7 Å². The first-order valence-corrected chi connectivity index (χ1v) is 10.1. The molecular weight excluding hydrogens is 497 g/mol. The van der Waals surface area contributed by atoms with E-state index in [4.69, 9.17) is 4.74 Å². The number of piperidine rings is 1. The Balaban J connectivity index is 0.00000320. The molecule has 1 aliphatic rings. The van der Waals surface area contributed by atoms with Gasteiger partial charge in [0, 0.05) is 45.3 Å². The van der Waals surface area contributed by atoms with Crippen LogP contribution in [0.5, 0.6) is 0 Å². The molecule has 1 amide bonds. The second kappa shape index (κ2) is 10.8. The summed E-state index contributed by atoms with van der Waals surface area (Å²) in [7, 11) is 1.75. The van der Waals surface area contributed by atoms with Crippen molar-refractivity contribution in [3.8, 4) is 0 Å². The first-order chi connectivity index (χ1) is 13.9. The van der Waals surface area contributed by atoms with Crippen molar-refractivity contribution in [1.82, 2.24) is 30.1 Å². The standard InChI is InChI=1S/C20H31N7O2.HI/c1-20(2,3)29-19(28)26-12-7-8-15(14-26)23-18(21-4)22-11-10-17-25-24-16-9-5-6-13-27(16)17;/h5-6,9,13,15H,7-8,10-12,14H2,1-4H3,(H2,21,22,23);1H. The van der Waals surface area contributed by atoms with Gasteiger partial charge in [0.25, 0.3) is 0 Å². The van der Waals surface area contributed by atoms with Crippen LogP contribution in [0.15, 0.2) is 29.4 Å². The van der Waals surface area contributed by atoms with Crippen LogP contribution in [0.25, 0.3) is 5.65 Å². The zero-order valence-corrected chi connectivity index (χ0v) is 20.4. The van der Waals surface area contributed by atoms with Gasteiger partial charge in [-0.2, -0.15) is 0 Å². The van der Waals surface area contributed by atoms with E-state index in [1.165, 1.54) is 0 Å². The lowest BCUT2D eigenvalue weighted by molar-refractivity contribution is 0.0193. The zero-order valence-electron chi connectivity index (χ0n) is 18.1. The van der Waals surface area contributed by atoms with Crippen molar-refractivity contribution in [2.24, 2.45) is 4.99 Å². The normalized spacial score (nSPS) is 17.4. The lowest BCUT2D eigenvalue weighted by Gasteiger charge is -2.35. The molecular formula is C20H32IN7O2. The average Bonchev–Trinajstić information content (AvgIpc) is 3.09. The number of pyridine rings is 1. The Morgan fingerprint density at radius 2 is 2.13 bits per heavy atom. The second-order valence-electron chi connectivity index (χ2n) is 8.20. The number of nitrogens with zero attached hydrogens (tertiary/aromatic N) is 5. The van der Waals surface area contributed by atoms with Crippen molar-refractivity contribution in [3.05, 3.63) is 30.2 Å². The molecule has 0 bridgehead atoms. The Hall–Kier alpha value is -2.11. The number of carbonyl (C=O) groups excluding carboxylic acids is 1. The number of hydrogen-bond acceptors (Lipinski definition) is 5. The topological polar surface area (TPSA) is 96.1 Å². The van der Waals surface area contributed by atoms with E-state index < -0.39 is 5.60 Å². The van der Waals surface area contributed by atoms with Gasteiger partial charge in [0.1, 0.15) is 11.4 Å². The van der Waals surface area contributed by atoms with Crippen LogP contribution in [0.2, 0.25) is 0 Å². The number of ether oxygens (including phenoxy) is 1. The predicted molar refractivity (Wildman–Crippen MR) is 127 cm³/mol. The molecule has 166 valence electrons. The molecule has 3 rings (SSSR count). The minimum absolute atomic E-state index is 0. The van der Waals surface area contributed by atoms with Gasteiger partial charge in [-0.3, -0.25) is 9.39 Å². The maximum atomic E-state index is 12.3. The SMILES string of the molecule is CN=C(NCCc1nnc2ccccn12)NC1CCCN(C(=O)OC(C)(C)C)C1.I. The van der Waals surface area contributed by atoms with Gasteiger partial charge in [0.05, 0.1) is 0 Å². The molecule has 9 nitrogen and oxygen atoms in total. The number of nitrogens with one attached hydrogen (secondary N) is 2. The monoisotopic (exact) mass is 529 g/mol. The molecule has 0 radical (unpaired) electrons. The molecule has 0 spiro atoms. The summed E-state index contributed by atoms with van der Waals surface area (Å²) in [5.41, 5.74) is 0.357. The number of fused-ring (bicyclic) bond motifs is 1. The van der Waals surface area contributed by atoms with Crippen LogP contribution in [0.1, 0.15) is 39.4 Å². The maximum absolute atomic E-state index is 12.3. The molecule has 0 saturated carbocycles. The Bertz CT molecular complexity index is 862. The van der Waals surface area contributed by atoms with Gasteiger partial charge >= 0.3 is 6.09 Å². The molecule has 1 aliphatic heterocycles. The number of aromatic nitrogens is 3. The fraction of sp³-hybridized carbons (Fsp3) is 0.600. The van der Waals surface area contributed by atoms with E-state index in [-0.39, 0.29) is 36.1 Å². The van der Waals surface area contributed by atoms with Crippen molar-refractivity contribution in [1.29, 1.82) is 0 Å². The van der Waals surface area contributed by atoms with Crippen molar-refractivity contribution < 1.29 is 9.53 Å². The van der Waals surface area contributed by atoms with Crippen molar-refractivity contribution in [2.45, 2.75) is 51.7 Å². The highest BCUT2D eigenvalue weighted by Gasteiger charge is 2.28. The maximum Gasteiger partial charge on any atom is 0.410 e. The highest BCUT2D eigenvalue weighted by atomic mass is 127. The van der Waals surface area contributed by atoms with E-state index in [1.807, 2.05) is 49.6 Å². The van der Waals surface area contributed by atoms with Crippen LogP contribution in [0.4, 0.5) is 4.79 Å². The first-order valence-electron chi connectivity index (χ1n) is 10.1. The average molecular weight is 529 g/mol. The van der Waals surface area contributed by atoms with E-state index in [1.54, 1.807) is 11.9 Å². The van der Waals surface area contributed by atoms with Crippen LogP contribution in [0.3, 0.4) is 0 Å². The van der Waals surface area contributed by atoms with Crippen molar-refractivity contribution in [2.75, 3.05) is 26.7 Å². The smallest absolute Gasteiger partial charge is 0.410 e. The van der Waals surface area contributed by atoms with Crippen LogP contribution < -0.4 is 10.6 Å². The summed E-state index contributed by atoms with van der Waals surface area (Å²) in [6.07, 6.45) is 4.34. The van der Waals surface area contributed by atoms with Crippen LogP contribution in [-0.4, -0.2) is 69.9 Å². The number of halogens is 1. The third-order valence-electron chi connectivity index (χ3n) is 4.66. The van der Waals surface area contributed by atoms with Gasteiger partial charge < -0.3 is 20.3 Å². The fourth-order valence-electron chi connectivity index (χ4n) is 3.33. The van der Waals surface area contributed by atoms with Crippen molar-refractivity contribution in [3.63, 3.8) is 0 Å². The van der Waals surface area contributed by atoms with Gasteiger partial charge in [-0.1, -0.05) is 6.07 Å². The van der Waals surface area contributed by atoms with Gasteiger partial charge in [0.15, 0.2) is 11.6 Å². The molecule has 3 heterocycles. The summed E-state index contributed by atoms with van der Waals surface area (Å²) in [5, 5.41) is 15.2. The molecule has 30 heavy (non-hydrogen) atoms. The summed E-state index contributed by atoms with van der Waals surface area (Å²) in [6.45, 7) is 7.65. The van der Waals surface area contributed by atoms with E-state index in [0.717, 1.165) is 43.2 Å². The number of hydrogen-bond donors (Lipinski definition) is 2. The molecule has 0 aliphatic carbocycles. The third kappa shape index (κ3) is 6.71. The Labute approximate surface area is 194 Å². The summed E-state index contributed by atoms with van der Waals surface area (Å²) in [6, 6.07) is 5.98. The fourth-order valence-corrected chi connectivity index (χ4v) is 3.33. The minimum Gasteiger partial charge on any atom is -0.444 e. The minimum atomic E-state index is -0.485. The van der Waals surface area contributed by atoms with Crippen LogP contribution in [0, 0.1) is 0 Å². The summed E-state index contributed by atoms with van der Waals surface area (Å²) in [5.74, 6) is 1.62. The third-order valence-corrected chi connectivity index (χ3v) is 4.66. The number of aliphatic imine (C=N–C) groups is 1.